The highest BCUT2D eigenvalue weighted by Gasteiger charge is 2.35. The van der Waals surface area contributed by atoms with Gasteiger partial charge in [-0.15, -0.1) is 10.2 Å². The van der Waals surface area contributed by atoms with E-state index in [0.29, 0.717) is 24.7 Å². The molecule has 33 heavy (non-hydrogen) atoms. The van der Waals surface area contributed by atoms with E-state index < -0.39 is 0 Å². The molecule has 0 atom stereocenters. The summed E-state index contributed by atoms with van der Waals surface area (Å²) in [5, 5.41) is 12.3. The number of amides is 3. The topological polar surface area (TPSA) is 81.7 Å². The molecule has 1 aliphatic carbocycles. The van der Waals surface area contributed by atoms with Crippen LogP contribution >= 0.6 is 11.6 Å². The van der Waals surface area contributed by atoms with Crippen molar-refractivity contribution in [3.05, 3.63) is 41.4 Å². The zero-order valence-corrected chi connectivity index (χ0v) is 20.0. The van der Waals surface area contributed by atoms with Crippen LogP contribution in [0.15, 0.2) is 36.4 Å². The summed E-state index contributed by atoms with van der Waals surface area (Å²) < 4.78 is 0. The molecule has 0 spiro atoms. The Kier molecular flexibility index (Phi) is 7.33. The van der Waals surface area contributed by atoms with Crippen LogP contribution in [-0.2, 0) is 4.79 Å². The van der Waals surface area contributed by atoms with Gasteiger partial charge in [-0.2, -0.15) is 0 Å². The van der Waals surface area contributed by atoms with Crippen molar-refractivity contribution in [1.82, 2.24) is 25.3 Å². The number of rotatable bonds is 6. The smallest absolute Gasteiger partial charge is 0.318 e. The Morgan fingerprint density at radius 3 is 2.55 bits per heavy atom. The fourth-order valence-corrected chi connectivity index (χ4v) is 4.26. The molecule has 176 valence electrons. The summed E-state index contributed by atoms with van der Waals surface area (Å²) >= 11 is 6.27. The molecule has 3 amide bonds. The minimum Gasteiger partial charge on any atom is -0.353 e. The van der Waals surface area contributed by atoms with Crippen LogP contribution in [0.4, 0.5) is 10.6 Å². The fourth-order valence-electron chi connectivity index (χ4n) is 4.03. The summed E-state index contributed by atoms with van der Waals surface area (Å²) in [5.41, 5.74) is 1.59. The standard InChI is InChI=1S/C24H31ClN6O2/c1-17(2)26-24(33)31(18-8-9-18)16-23(32)30-13-5-12-29(14-15-30)22-11-10-21(27-28-22)19-6-3-4-7-20(19)25/h3-4,6-7,10-11,17-18H,5,8-9,12-16H2,1-2H3,(H,26,33). The lowest BCUT2D eigenvalue weighted by Crippen LogP contribution is -2.49. The summed E-state index contributed by atoms with van der Waals surface area (Å²) in [4.78, 5) is 31.2. The number of carbonyl (C=O) groups is 2. The summed E-state index contributed by atoms with van der Waals surface area (Å²) in [6.07, 6.45) is 2.77. The molecule has 1 N–H and O–H groups in total. The molecule has 2 aliphatic rings. The predicted molar refractivity (Wildman–Crippen MR) is 129 cm³/mol. The first-order valence-electron chi connectivity index (χ1n) is 11.6. The van der Waals surface area contributed by atoms with E-state index in [4.69, 9.17) is 11.6 Å². The molecule has 1 aliphatic heterocycles. The van der Waals surface area contributed by atoms with Crippen LogP contribution < -0.4 is 10.2 Å². The lowest BCUT2D eigenvalue weighted by atomic mass is 10.1. The van der Waals surface area contributed by atoms with Crippen LogP contribution in [0.1, 0.15) is 33.1 Å². The first-order valence-corrected chi connectivity index (χ1v) is 12.0. The van der Waals surface area contributed by atoms with Crippen molar-refractivity contribution >= 4 is 29.4 Å². The van der Waals surface area contributed by atoms with E-state index in [0.717, 1.165) is 42.9 Å². The number of nitrogens with one attached hydrogen (secondary N) is 1. The highest BCUT2D eigenvalue weighted by atomic mass is 35.5. The zero-order valence-electron chi connectivity index (χ0n) is 19.2. The number of aromatic nitrogens is 2. The highest BCUT2D eigenvalue weighted by molar-refractivity contribution is 6.33. The largest absolute Gasteiger partial charge is 0.353 e. The van der Waals surface area contributed by atoms with E-state index in [1.54, 1.807) is 4.90 Å². The Hall–Kier alpha value is -2.87. The maximum absolute atomic E-state index is 13.0. The van der Waals surface area contributed by atoms with Crippen LogP contribution in [0.25, 0.3) is 11.3 Å². The Morgan fingerprint density at radius 2 is 1.88 bits per heavy atom. The van der Waals surface area contributed by atoms with E-state index in [2.05, 4.69) is 20.4 Å². The van der Waals surface area contributed by atoms with Crippen LogP contribution in [0, 0.1) is 0 Å². The molecule has 4 rings (SSSR count). The van der Waals surface area contributed by atoms with E-state index in [9.17, 15) is 9.59 Å². The van der Waals surface area contributed by atoms with Crippen molar-refractivity contribution in [3.63, 3.8) is 0 Å². The second-order valence-electron chi connectivity index (χ2n) is 8.94. The number of nitrogens with zero attached hydrogens (tertiary/aromatic N) is 5. The summed E-state index contributed by atoms with van der Waals surface area (Å²) in [5.74, 6) is 0.791. The van der Waals surface area contributed by atoms with Crippen molar-refractivity contribution in [3.8, 4) is 11.3 Å². The Balaban J connectivity index is 1.35. The first kappa shape index (κ1) is 23.3. The monoisotopic (exact) mass is 470 g/mol. The summed E-state index contributed by atoms with van der Waals surface area (Å²) in [6.45, 7) is 6.73. The van der Waals surface area contributed by atoms with Crippen molar-refractivity contribution in [2.75, 3.05) is 37.6 Å². The van der Waals surface area contributed by atoms with Crippen molar-refractivity contribution in [2.24, 2.45) is 0 Å². The molecule has 1 saturated carbocycles. The molecule has 1 saturated heterocycles. The number of carbonyl (C=O) groups excluding carboxylic acids is 2. The second-order valence-corrected chi connectivity index (χ2v) is 9.35. The van der Waals surface area contributed by atoms with Crippen molar-refractivity contribution < 1.29 is 9.59 Å². The third kappa shape index (κ3) is 5.93. The minimum absolute atomic E-state index is 0.00260. The molecule has 2 heterocycles. The lowest BCUT2D eigenvalue weighted by molar-refractivity contribution is -0.131. The van der Waals surface area contributed by atoms with Crippen LogP contribution in [-0.4, -0.2) is 76.7 Å². The number of hydrogen-bond donors (Lipinski definition) is 1. The Bertz CT molecular complexity index is 979. The molecule has 8 nitrogen and oxygen atoms in total. The molecule has 2 fully saturated rings. The Labute approximate surface area is 199 Å². The molecule has 0 radical (unpaired) electrons. The van der Waals surface area contributed by atoms with Gasteiger partial charge in [-0.3, -0.25) is 4.79 Å². The van der Waals surface area contributed by atoms with Gasteiger partial charge < -0.3 is 20.0 Å². The third-order valence-corrected chi connectivity index (χ3v) is 6.27. The zero-order chi connectivity index (χ0) is 23.4. The van der Waals surface area contributed by atoms with Gasteiger partial charge in [-0.05, 0) is 51.3 Å². The van der Waals surface area contributed by atoms with Crippen LogP contribution in [0.5, 0.6) is 0 Å². The molecular formula is C24H31ClN6O2. The van der Waals surface area contributed by atoms with Gasteiger partial charge >= 0.3 is 6.03 Å². The second kappa shape index (κ2) is 10.4. The van der Waals surface area contributed by atoms with Gasteiger partial charge in [0.25, 0.3) is 0 Å². The van der Waals surface area contributed by atoms with E-state index in [1.807, 2.05) is 55.1 Å². The molecule has 2 aromatic rings. The number of urea groups is 1. The van der Waals surface area contributed by atoms with Crippen LogP contribution in [0.3, 0.4) is 0 Å². The summed E-state index contributed by atoms with van der Waals surface area (Å²) in [6, 6.07) is 11.5. The maximum Gasteiger partial charge on any atom is 0.318 e. The molecule has 1 aromatic carbocycles. The number of benzene rings is 1. The van der Waals surface area contributed by atoms with Crippen molar-refractivity contribution in [2.45, 2.75) is 45.2 Å². The molecule has 9 heteroatoms. The van der Waals surface area contributed by atoms with Crippen LogP contribution in [0.2, 0.25) is 5.02 Å². The van der Waals surface area contributed by atoms with E-state index in [1.165, 1.54) is 0 Å². The van der Waals surface area contributed by atoms with Gasteiger partial charge in [0.2, 0.25) is 5.91 Å². The first-order chi connectivity index (χ1) is 15.9. The van der Waals surface area contributed by atoms with Gasteiger partial charge in [-0.25, -0.2) is 4.79 Å². The average Bonchev–Trinajstić information content (AvgIpc) is 3.64. The van der Waals surface area contributed by atoms with Crippen molar-refractivity contribution in [1.29, 1.82) is 0 Å². The van der Waals surface area contributed by atoms with E-state index in [-0.39, 0.29) is 30.6 Å². The maximum atomic E-state index is 13.0. The van der Waals surface area contributed by atoms with Gasteiger partial charge in [-0.1, -0.05) is 29.8 Å². The number of anilines is 1. The third-order valence-electron chi connectivity index (χ3n) is 5.94. The lowest BCUT2D eigenvalue weighted by Gasteiger charge is -2.27. The van der Waals surface area contributed by atoms with E-state index >= 15 is 0 Å². The van der Waals surface area contributed by atoms with Gasteiger partial charge in [0.1, 0.15) is 6.54 Å². The molecule has 0 bridgehead atoms. The Morgan fingerprint density at radius 1 is 1.09 bits per heavy atom. The molecule has 0 unspecified atom stereocenters. The SMILES string of the molecule is CC(C)NC(=O)N(CC(=O)N1CCCN(c2ccc(-c3ccccc3Cl)nn2)CC1)C1CC1. The normalized spacial score (nSPS) is 16.5. The minimum atomic E-state index is -0.147. The average molecular weight is 471 g/mol. The molecule has 1 aromatic heterocycles. The number of hydrogen-bond acceptors (Lipinski definition) is 5. The summed E-state index contributed by atoms with van der Waals surface area (Å²) in [7, 11) is 0. The number of halogens is 1. The fraction of sp³-hybridized carbons (Fsp3) is 0.500. The van der Waals surface area contributed by atoms with Gasteiger partial charge in [0, 0.05) is 43.8 Å². The highest BCUT2D eigenvalue weighted by Crippen LogP contribution is 2.28. The van der Waals surface area contributed by atoms with Gasteiger partial charge in [0.05, 0.1) is 10.7 Å². The van der Waals surface area contributed by atoms with Gasteiger partial charge in [0.15, 0.2) is 5.82 Å². The predicted octanol–water partition coefficient (Wildman–Crippen LogP) is 3.42. The quantitative estimate of drug-likeness (QED) is 0.699. The molecular weight excluding hydrogens is 440 g/mol.